The van der Waals surface area contributed by atoms with Gasteiger partial charge in [0, 0.05) is 35.4 Å². The highest BCUT2D eigenvalue weighted by Crippen LogP contribution is 2.31. The van der Waals surface area contributed by atoms with Gasteiger partial charge in [-0.3, -0.25) is 4.79 Å². The highest BCUT2D eigenvalue weighted by Gasteiger charge is 2.29. The Kier molecular flexibility index (Phi) is 6.37. The van der Waals surface area contributed by atoms with Gasteiger partial charge in [-0.05, 0) is 66.4 Å². The lowest BCUT2D eigenvalue weighted by atomic mass is 10.0. The van der Waals surface area contributed by atoms with Gasteiger partial charge < -0.3 is 20.2 Å². The summed E-state index contributed by atoms with van der Waals surface area (Å²) in [6.07, 6.45) is 0. The molecule has 1 aliphatic rings. The number of hydrogen-bond donors (Lipinski definition) is 2. The van der Waals surface area contributed by atoms with E-state index in [1.807, 2.05) is 18.0 Å². The van der Waals surface area contributed by atoms with Gasteiger partial charge in [0.05, 0.1) is 16.8 Å². The summed E-state index contributed by atoms with van der Waals surface area (Å²) < 4.78 is 30.6. The number of carboxylic acid groups (broad SMARTS) is 1. The fourth-order valence-electron chi connectivity index (χ4n) is 3.15. The molecule has 9 heteroatoms. The number of carbonyl (C=O) groups is 2. The summed E-state index contributed by atoms with van der Waals surface area (Å²) in [5.74, 6) is -4.92. The summed E-state index contributed by atoms with van der Waals surface area (Å²) in [6.45, 7) is 3.70. The van der Waals surface area contributed by atoms with Gasteiger partial charge in [0.2, 0.25) is 0 Å². The first-order valence-electron chi connectivity index (χ1n) is 8.95. The largest absolute Gasteiger partial charge is 0.478 e. The van der Waals surface area contributed by atoms with Gasteiger partial charge in [0.1, 0.15) is 0 Å². The molecule has 1 saturated heterocycles. The highest BCUT2D eigenvalue weighted by molar-refractivity contribution is 14.1. The van der Waals surface area contributed by atoms with E-state index in [9.17, 15) is 23.5 Å². The van der Waals surface area contributed by atoms with Crippen LogP contribution in [0.3, 0.4) is 0 Å². The highest BCUT2D eigenvalue weighted by atomic mass is 127. The van der Waals surface area contributed by atoms with Crippen LogP contribution in [0.15, 0.2) is 24.3 Å². The number of carboxylic acids is 1. The van der Waals surface area contributed by atoms with E-state index in [4.69, 9.17) is 0 Å². The van der Waals surface area contributed by atoms with Crippen molar-refractivity contribution in [3.05, 3.63) is 56.2 Å². The zero-order valence-corrected chi connectivity index (χ0v) is 18.1. The molecular weight excluding hydrogens is 495 g/mol. The molecule has 0 saturated carbocycles. The Bertz CT molecular complexity index is 976. The molecule has 0 aliphatic carbocycles. The fourth-order valence-corrected chi connectivity index (χ4v) is 3.80. The van der Waals surface area contributed by atoms with Crippen LogP contribution in [0.2, 0.25) is 0 Å². The zero-order valence-electron chi connectivity index (χ0n) is 15.9. The standard InChI is InChI=1S/C20H20F2IN3O3/c1-11-9-12(23)3-4-15(11)24-18-14(20(28)29)10-13(16(21)17(18)22)19(27)26-7-5-25(2)6-8-26/h3-4,9-10,24H,5-8H2,1-2H3,(H,28,29). The molecule has 2 N–H and O–H groups in total. The number of anilines is 2. The van der Waals surface area contributed by atoms with Crippen molar-refractivity contribution in [3.8, 4) is 0 Å². The van der Waals surface area contributed by atoms with E-state index in [0.717, 1.165) is 15.2 Å². The molecule has 2 aromatic rings. The Morgan fingerprint density at radius 3 is 2.31 bits per heavy atom. The Morgan fingerprint density at radius 2 is 1.72 bits per heavy atom. The molecule has 29 heavy (non-hydrogen) atoms. The molecule has 0 bridgehead atoms. The molecule has 0 atom stereocenters. The van der Waals surface area contributed by atoms with Gasteiger partial charge in [-0.25, -0.2) is 13.6 Å². The van der Waals surface area contributed by atoms with Crippen molar-refractivity contribution >= 4 is 45.8 Å². The lowest BCUT2D eigenvalue weighted by Crippen LogP contribution is -2.47. The minimum atomic E-state index is -1.46. The quantitative estimate of drug-likeness (QED) is 0.608. The SMILES string of the molecule is Cc1cc(I)ccc1Nc1c(C(=O)O)cc(C(=O)N2CCN(C)CC2)c(F)c1F. The summed E-state index contributed by atoms with van der Waals surface area (Å²) in [5.41, 5.74) is -0.391. The van der Waals surface area contributed by atoms with Crippen LogP contribution in [0.1, 0.15) is 26.3 Å². The maximum atomic E-state index is 14.9. The number of hydrogen-bond acceptors (Lipinski definition) is 4. The van der Waals surface area contributed by atoms with E-state index < -0.39 is 40.3 Å². The minimum absolute atomic E-state index is 0.362. The van der Waals surface area contributed by atoms with E-state index in [1.54, 1.807) is 19.1 Å². The summed E-state index contributed by atoms with van der Waals surface area (Å²) in [7, 11) is 1.90. The van der Waals surface area contributed by atoms with Crippen molar-refractivity contribution in [2.75, 3.05) is 38.5 Å². The first-order chi connectivity index (χ1) is 13.7. The van der Waals surface area contributed by atoms with Gasteiger partial charge in [-0.2, -0.15) is 0 Å². The number of aryl methyl sites for hydroxylation is 1. The van der Waals surface area contributed by atoms with Crippen molar-refractivity contribution in [1.82, 2.24) is 9.80 Å². The third-order valence-corrected chi connectivity index (χ3v) is 5.58. The Morgan fingerprint density at radius 1 is 1.07 bits per heavy atom. The van der Waals surface area contributed by atoms with Crippen LogP contribution in [0.25, 0.3) is 0 Å². The predicted octanol–water partition coefficient (Wildman–Crippen LogP) is 3.71. The average Bonchev–Trinajstić information content (AvgIpc) is 2.67. The summed E-state index contributed by atoms with van der Waals surface area (Å²) >= 11 is 2.12. The van der Waals surface area contributed by atoms with Crippen molar-refractivity contribution < 1.29 is 23.5 Å². The van der Waals surface area contributed by atoms with E-state index in [1.165, 1.54) is 4.90 Å². The monoisotopic (exact) mass is 515 g/mol. The van der Waals surface area contributed by atoms with Crippen LogP contribution in [0, 0.1) is 22.1 Å². The molecule has 154 valence electrons. The van der Waals surface area contributed by atoms with Gasteiger partial charge in [-0.1, -0.05) is 0 Å². The lowest BCUT2D eigenvalue weighted by molar-refractivity contribution is 0.0658. The molecule has 1 fully saturated rings. The van der Waals surface area contributed by atoms with E-state index in [0.29, 0.717) is 31.9 Å². The third kappa shape index (κ3) is 4.50. The molecule has 2 aromatic carbocycles. The molecule has 0 radical (unpaired) electrons. The van der Waals surface area contributed by atoms with E-state index in [2.05, 4.69) is 27.9 Å². The maximum absolute atomic E-state index is 14.9. The normalized spacial score (nSPS) is 14.7. The van der Waals surface area contributed by atoms with Crippen LogP contribution in [-0.4, -0.2) is 60.0 Å². The molecule has 0 unspecified atom stereocenters. The van der Waals surface area contributed by atoms with E-state index >= 15 is 0 Å². The smallest absolute Gasteiger partial charge is 0.337 e. The minimum Gasteiger partial charge on any atom is -0.478 e. The predicted molar refractivity (Wildman–Crippen MR) is 114 cm³/mol. The van der Waals surface area contributed by atoms with Gasteiger partial charge in [-0.15, -0.1) is 0 Å². The number of carbonyl (C=O) groups excluding carboxylic acids is 1. The molecule has 1 amide bonds. The van der Waals surface area contributed by atoms with E-state index in [-0.39, 0.29) is 0 Å². The number of nitrogens with one attached hydrogen (secondary N) is 1. The molecule has 0 spiro atoms. The number of amides is 1. The number of benzene rings is 2. The van der Waals surface area contributed by atoms with Gasteiger partial charge >= 0.3 is 5.97 Å². The zero-order chi connectivity index (χ0) is 21.3. The molecular formula is C20H20F2IN3O3. The van der Waals surface area contributed by atoms with Crippen molar-refractivity contribution in [3.63, 3.8) is 0 Å². The van der Waals surface area contributed by atoms with Gasteiger partial charge in [0.15, 0.2) is 11.6 Å². The summed E-state index contributed by atoms with van der Waals surface area (Å²) in [5, 5.41) is 12.2. The Balaban J connectivity index is 2.02. The van der Waals surface area contributed by atoms with Crippen LogP contribution in [0.5, 0.6) is 0 Å². The second-order valence-corrected chi connectivity index (χ2v) is 8.21. The topological polar surface area (TPSA) is 72.9 Å². The Hall–Kier alpha value is -2.27. The van der Waals surface area contributed by atoms with Gasteiger partial charge in [0.25, 0.3) is 5.91 Å². The molecule has 0 aromatic heterocycles. The first kappa shape index (κ1) is 21.4. The number of aromatic carboxylic acids is 1. The molecule has 1 aliphatic heterocycles. The van der Waals surface area contributed by atoms with Crippen molar-refractivity contribution in [1.29, 1.82) is 0 Å². The van der Waals surface area contributed by atoms with Crippen molar-refractivity contribution in [2.45, 2.75) is 6.92 Å². The molecule has 1 heterocycles. The first-order valence-corrected chi connectivity index (χ1v) is 10.0. The number of likely N-dealkylation sites (N-methyl/N-ethyl adjacent to an activating group) is 1. The second-order valence-electron chi connectivity index (χ2n) is 6.96. The van der Waals surface area contributed by atoms with Crippen molar-refractivity contribution in [2.24, 2.45) is 0 Å². The van der Waals surface area contributed by atoms with Crippen LogP contribution >= 0.6 is 22.6 Å². The second kappa shape index (κ2) is 8.62. The number of nitrogens with zero attached hydrogens (tertiary/aromatic N) is 2. The Labute approximate surface area is 180 Å². The summed E-state index contributed by atoms with van der Waals surface area (Å²) in [4.78, 5) is 27.9. The number of rotatable bonds is 4. The number of piperazine rings is 1. The molecule has 3 rings (SSSR count). The third-order valence-electron chi connectivity index (χ3n) is 4.91. The maximum Gasteiger partial charge on any atom is 0.337 e. The molecule has 6 nitrogen and oxygen atoms in total. The number of halogens is 3. The van der Waals surface area contributed by atoms with Crippen LogP contribution in [0.4, 0.5) is 20.2 Å². The van der Waals surface area contributed by atoms with Crippen LogP contribution in [-0.2, 0) is 0 Å². The average molecular weight is 515 g/mol. The summed E-state index contributed by atoms with van der Waals surface area (Å²) in [6, 6.07) is 6.15. The van der Waals surface area contributed by atoms with Crippen LogP contribution < -0.4 is 5.32 Å². The fraction of sp³-hybridized carbons (Fsp3) is 0.300. The lowest BCUT2D eigenvalue weighted by Gasteiger charge is -2.32.